The van der Waals surface area contributed by atoms with Gasteiger partial charge in [-0.2, -0.15) is 0 Å². The molecule has 1 aromatic heterocycles. The normalized spacial score (nSPS) is 10.3. The second-order valence-corrected chi connectivity index (χ2v) is 4.38. The first kappa shape index (κ1) is 13.3. The van der Waals surface area contributed by atoms with Gasteiger partial charge in [-0.3, -0.25) is 0 Å². The highest BCUT2D eigenvalue weighted by atomic mass is 16.5. The molecule has 0 fully saturated rings. The van der Waals surface area contributed by atoms with Gasteiger partial charge in [0.05, 0.1) is 12.8 Å². The van der Waals surface area contributed by atoms with Crippen LogP contribution in [0.15, 0.2) is 30.5 Å². The van der Waals surface area contributed by atoms with Crippen molar-refractivity contribution in [3.63, 3.8) is 0 Å². The third kappa shape index (κ3) is 3.22. The summed E-state index contributed by atoms with van der Waals surface area (Å²) in [7, 11) is 1.67. The largest absolute Gasteiger partial charge is 0.497 e. The maximum atomic E-state index is 5.25. The average molecular weight is 257 g/mol. The van der Waals surface area contributed by atoms with Crippen LogP contribution in [-0.4, -0.2) is 23.6 Å². The van der Waals surface area contributed by atoms with Gasteiger partial charge in [0.2, 0.25) is 5.95 Å². The molecule has 0 aliphatic rings. The maximum absolute atomic E-state index is 5.25. The number of anilines is 1. The zero-order valence-electron chi connectivity index (χ0n) is 11.6. The summed E-state index contributed by atoms with van der Waals surface area (Å²) in [5.41, 5.74) is 3.03. The predicted molar refractivity (Wildman–Crippen MR) is 77.5 cm³/mol. The van der Waals surface area contributed by atoms with E-state index < -0.39 is 0 Å². The standard InChI is InChI=1S/C15H19N3O/c1-4-8-16-15-17-10-11(2)14(18-15)12-6-5-7-13(9-12)19-3/h5-7,9-10H,4,8H2,1-3H3,(H,16,17,18). The summed E-state index contributed by atoms with van der Waals surface area (Å²) in [5.74, 6) is 1.50. The number of nitrogens with one attached hydrogen (secondary N) is 1. The van der Waals surface area contributed by atoms with Crippen LogP contribution >= 0.6 is 0 Å². The molecule has 0 aliphatic carbocycles. The highest BCUT2D eigenvalue weighted by Crippen LogP contribution is 2.25. The minimum Gasteiger partial charge on any atom is -0.497 e. The van der Waals surface area contributed by atoms with Crippen LogP contribution in [0.1, 0.15) is 18.9 Å². The monoisotopic (exact) mass is 257 g/mol. The molecule has 0 bridgehead atoms. The lowest BCUT2D eigenvalue weighted by Crippen LogP contribution is -2.05. The van der Waals surface area contributed by atoms with Gasteiger partial charge >= 0.3 is 0 Å². The Hall–Kier alpha value is -2.10. The number of methoxy groups -OCH3 is 1. The molecule has 0 amide bonds. The van der Waals surface area contributed by atoms with Gasteiger partial charge in [0.15, 0.2) is 0 Å². The van der Waals surface area contributed by atoms with Gasteiger partial charge in [-0.1, -0.05) is 19.1 Å². The molecule has 4 nitrogen and oxygen atoms in total. The SMILES string of the molecule is CCCNc1ncc(C)c(-c2cccc(OC)c2)n1. The van der Waals surface area contributed by atoms with Gasteiger partial charge in [-0.05, 0) is 31.0 Å². The van der Waals surface area contributed by atoms with E-state index in [1.165, 1.54) is 0 Å². The first-order chi connectivity index (χ1) is 9.24. The quantitative estimate of drug-likeness (QED) is 0.893. The minimum atomic E-state index is 0.672. The summed E-state index contributed by atoms with van der Waals surface area (Å²) in [4.78, 5) is 8.87. The molecule has 2 rings (SSSR count). The van der Waals surface area contributed by atoms with Crippen molar-refractivity contribution in [2.45, 2.75) is 20.3 Å². The Morgan fingerprint density at radius 1 is 1.32 bits per heavy atom. The Kier molecular flexibility index (Phi) is 4.34. The Bertz CT molecular complexity index is 555. The molecule has 0 spiro atoms. The highest BCUT2D eigenvalue weighted by Gasteiger charge is 2.07. The van der Waals surface area contributed by atoms with Crippen molar-refractivity contribution in [1.82, 2.24) is 9.97 Å². The Morgan fingerprint density at radius 2 is 2.16 bits per heavy atom. The number of nitrogens with zero attached hydrogens (tertiary/aromatic N) is 2. The number of benzene rings is 1. The van der Waals surface area contributed by atoms with Crippen LogP contribution in [0.4, 0.5) is 5.95 Å². The van der Waals surface area contributed by atoms with Gasteiger partial charge in [0, 0.05) is 18.3 Å². The zero-order chi connectivity index (χ0) is 13.7. The first-order valence-corrected chi connectivity index (χ1v) is 6.46. The van der Waals surface area contributed by atoms with Crippen LogP contribution in [0.2, 0.25) is 0 Å². The van der Waals surface area contributed by atoms with E-state index in [1.54, 1.807) is 7.11 Å². The Morgan fingerprint density at radius 3 is 2.89 bits per heavy atom. The van der Waals surface area contributed by atoms with Crippen LogP contribution in [0, 0.1) is 6.92 Å². The summed E-state index contributed by atoms with van der Waals surface area (Å²) in [6.07, 6.45) is 2.89. The zero-order valence-corrected chi connectivity index (χ0v) is 11.6. The first-order valence-electron chi connectivity index (χ1n) is 6.46. The number of aryl methyl sites for hydroxylation is 1. The molecule has 100 valence electrons. The number of aromatic nitrogens is 2. The van der Waals surface area contributed by atoms with E-state index in [9.17, 15) is 0 Å². The van der Waals surface area contributed by atoms with Crippen LogP contribution in [-0.2, 0) is 0 Å². The van der Waals surface area contributed by atoms with Crippen molar-refractivity contribution in [1.29, 1.82) is 0 Å². The van der Waals surface area contributed by atoms with Crippen LogP contribution < -0.4 is 10.1 Å². The molecule has 0 aliphatic heterocycles. The van der Waals surface area contributed by atoms with Gasteiger partial charge < -0.3 is 10.1 Å². The molecular formula is C15H19N3O. The van der Waals surface area contributed by atoms with Crippen molar-refractivity contribution in [3.05, 3.63) is 36.0 Å². The maximum Gasteiger partial charge on any atom is 0.223 e. The van der Waals surface area contributed by atoms with E-state index in [2.05, 4.69) is 22.2 Å². The summed E-state index contributed by atoms with van der Waals surface area (Å²) in [6, 6.07) is 7.91. The van der Waals surface area contributed by atoms with Gasteiger partial charge in [-0.15, -0.1) is 0 Å². The molecule has 0 saturated heterocycles. The highest BCUT2D eigenvalue weighted by molar-refractivity contribution is 5.65. The molecule has 0 saturated carbocycles. The smallest absolute Gasteiger partial charge is 0.223 e. The van der Waals surface area contributed by atoms with Gasteiger partial charge in [0.1, 0.15) is 5.75 Å². The van der Waals surface area contributed by atoms with Crippen molar-refractivity contribution < 1.29 is 4.74 Å². The number of hydrogen-bond donors (Lipinski definition) is 1. The van der Waals surface area contributed by atoms with Crippen LogP contribution in [0.25, 0.3) is 11.3 Å². The Labute approximate surface area is 113 Å². The fourth-order valence-electron chi connectivity index (χ4n) is 1.83. The van der Waals surface area contributed by atoms with E-state index in [-0.39, 0.29) is 0 Å². The van der Waals surface area contributed by atoms with E-state index in [1.807, 2.05) is 37.4 Å². The summed E-state index contributed by atoms with van der Waals surface area (Å²) < 4.78 is 5.25. The summed E-state index contributed by atoms with van der Waals surface area (Å²) in [5, 5.41) is 3.21. The van der Waals surface area contributed by atoms with Crippen molar-refractivity contribution in [2.75, 3.05) is 19.0 Å². The lowest BCUT2D eigenvalue weighted by atomic mass is 10.1. The van der Waals surface area contributed by atoms with E-state index in [4.69, 9.17) is 4.74 Å². The van der Waals surface area contributed by atoms with E-state index in [0.29, 0.717) is 5.95 Å². The predicted octanol–water partition coefficient (Wildman–Crippen LogP) is 3.28. The van der Waals surface area contributed by atoms with Crippen LogP contribution in [0.3, 0.4) is 0 Å². The van der Waals surface area contributed by atoms with Gasteiger partial charge in [-0.25, -0.2) is 9.97 Å². The molecule has 0 unspecified atom stereocenters. The molecule has 4 heteroatoms. The third-order valence-electron chi connectivity index (χ3n) is 2.85. The van der Waals surface area contributed by atoms with Crippen molar-refractivity contribution in [3.8, 4) is 17.0 Å². The molecular weight excluding hydrogens is 238 g/mol. The lowest BCUT2D eigenvalue weighted by molar-refractivity contribution is 0.415. The molecule has 0 atom stereocenters. The number of hydrogen-bond acceptors (Lipinski definition) is 4. The fraction of sp³-hybridized carbons (Fsp3) is 0.333. The third-order valence-corrected chi connectivity index (χ3v) is 2.85. The summed E-state index contributed by atoms with van der Waals surface area (Å²) >= 11 is 0. The van der Waals surface area contributed by atoms with E-state index in [0.717, 1.165) is 35.5 Å². The second kappa shape index (κ2) is 6.18. The minimum absolute atomic E-state index is 0.672. The molecule has 19 heavy (non-hydrogen) atoms. The molecule has 2 aromatic rings. The van der Waals surface area contributed by atoms with Gasteiger partial charge in [0.25, 0.3) is 0 Å². The molecule has 1 heterocycles. The van der Waals surface area contributed by atoms with Crippen molar-refractivity contribution >= 4 is 5.95 Å². The molecule has 1 aromatic carbocycles. The second-order valence-electron chi connectivity index (χ2n) is 4.38. The van der Waals surface area contributed by atoms with Crippen LogP contribution in [0.5, 0.6) is 5.75 Å². The van der Waals surface area contributed by atoms with E-state index >= 15 is 0 Å². The Balaban J connectivity index is 2.36. The molecule has 1 N–H and O–H groups in total. The fourth-order valence-corrected chi connectivity index (χ4v) is 1.83. The number of ether oxygens (including phenoxy) is 1. The average Bonchev–Trinajstić information content (AvgIpc) is 2.46. The summed E-state index contributed by atoms with van der Waals surface area (Å²) in [6.45, 7) is 5.00. The van der Waals surface area contributed by atoms with Crippen molar-refractivity contribution in [2.24, 2.45) is 0 Å². The number of rotatable bonds is 5. The topological polar surface area (TPSA) is 47.0 Å². The molecule has 0 radical (unpaired) electrons. The lowest BCUT2D eigenvalue weighted by Gasteiger charge is -2.09.